The van der Waals surface area contributed by atoms with Gasteiger partial charge in [-0.2, -0.15) is 0 Å². The standard InChI is InChI=1S/C26H28F4N4O3/c1-37-22-11-18(27)17(10-19(22)28)25-31-13-21(20(14-35)33-25)34-9-5-8-26(15-34,23(36)24(29)30)32-12-16-6-3-2-4-7-16/h2-4,6-7,10-11,13,23-24,32,35-36H,5,8-9,12,14-15H2,1H3/t23-,26-/m1/s1. The maximum Gasteiger partial charge on any atom is 0.265 e. The average molecular weight is 521 g/mol. The fraction of sp³-hybridized carbons (Fsp3) is 0.385. The normalized spacial score (nSPS) is 18.8. The van der Waals surface area contributed by atoms with Gasteiger partial charge in [-0.05, 0) is 24.5 Å². The molecule has 2 aromatic carbocycles. The van der Waals surface area contributed by atoms with Crippen LogP contribution in [-0.4, -0.2) is 58.4 Å². The fourth-order valence-electron chi connectivity index (χ4n) is 4.67. The highest BCUT2D eigenvalue weighted by Crippen LogP contribution is 2.34. The van der Waals surface area contributed by atoms with E-state index in [-0.39, 0.29) is 35.9 Å². The number of nitrogens with one attached hydrogen (secondary N) is 1. The molecule has 1 saturated heterocycles. The summed E-state index contributed by atoms with van der Waals surface area (Å²) in [5.41, 5.74) is -0.222. The van der Waals surface area contributed by atoms with Crippen LogP contribution < -0.4 is 15.0 Å². The number of ether oxygens (including phenoxy) is 1. The highest BCUT2D eigenvalue weighted by atomic mass is 19.3. The van der Waals surface area contributed by atoms with Crippen molar-refractivity contribution in [3.8, 4) is 17.1 Å². The first-order valence-corrected chi connectivity index (χ1v) is 11.8. The third-order valence-corrected chi connectivity index (χ3v) is 6.63. The summed E-state index contributed by atoms with van der Waals surface area (Å²) in [6.07, 6.45) is -2.82. The maximum absolute atomic E-state index is 14.6. The molecule has 11 heteroatoms. The minimum absolute atomic E-state index is 0.00737. The van der Waals surface area contributed by atoms with Gasteiger partial charge in [-0.25, -0.2) is 27.5 Å². The van der Waals surface area contributed by atoms with Crippen molar-refractivity contribution in [1.82, 2.24) is 15.3 Å². The molecule has 1 aromatic heterocycles. The van der Waals surface area contributed by atoms with Crippen molar-refractivity contribution >= 4 is 5.69 Å². The van der Waals surface area contributed by atoms with E-state index in [0.717, 1.165) is 17.7 Å². The van der Waals surface area contributed by atoms with Crippen molar-refractivity contribution in [2.24, 2.45) is 0 Å². The zero-order valence-electron chi connectivity index (χ0n) is 20.2. The van der Waals surface area contributed by atoms with Crippen LogP contribution >= 0.6 is 0 Å². The van der Waals surface area contributed by atoms with Crippen LogP contribution in [0.2, 0.25) is 0 Å². The zero-order chi connectivity index (χ0) is 26.6. The molecule has 198 valence electrons. The van der Waals surface area contributed by atoms with Crippen molar-refractivity contribution in [3.05, 3.63) is 71.6 Å². The predicted octanol–water partition coefficient (Wildman–Crippen LogP) is 3.68. The molecule has 3 aromatic rings. The topological polar surface area (TPSA) is 90.7 Å². The van der Waals surface area contributed by atoms with E-state index in [9.17, 15) is 27.8 Å². The van der Waals surface area contributed by atoms with E-state index in [1.54, 1.807) is 4.90 Å². The van der Waals surface area contributed by atoms with Crippen LogP contribution in [-0.2, 0) is 13.2 Å². The lowest BCUT2D eigenvalue weighted by atomic mass is 9.83. The first kappa shape index (κ1) is 26.8. The van der Waals surface area contributed by atoms with Gasteiger partial charge in [-0.15, -0.1) is 0 Å². The third-order valence-electron chi connectivity index (χ3n) is 6.63. The second-order valence-corrected chi connectivity index (χ2v) is 8.95. The SMILES string of the molecule is COc1cc(F)c(-c2ncc(N3CCC[C@](NCc4ccccc4)([C@H](O)C(F)F)C3)c(CO)n2)cc1F. The van der Waals surface area contributed by atoms with E-state index in [4.69, 9.17) is 4.74 Å². The molecule has 0 bridgehead atoms. The van der Waals surface area contributed by atoms with Gasteiger partial charge in [-0.3, -0.25) is 0 Å². The lowest BCUT2D eigenvalue weighted by molar-refractivity contribution is -0.0658. The van der Waals surface area contributed by atoms with Gasteiger partial charge in [0.1, 0.15) is 11.9 Å². The summed E-state index contributed by atoms with van der Waals surface area (Å²) >= 11 is 0. The van der Waals surface area contributed by atoms with E-state index >= 15 is 0 Å². The number of methoxy groups -OCH3 is 1. The monoisotopic (exact) mass is 520 g/mol. The molecular formula is C26H28F4N4O3. The predicted molar refractivity (Wildman–Crippen MR) is 129 cm³/mol. The quantitative estimate of drug-likeness (QED) is 0.371. The maximum atomic E-state index is 14.6. The van der Waals surface area contributed by atoms with Gasteiger partial charge in [0.05, 0.1) is 42.4 Å². The summed E-state index contributed by atoms with van der Waals surface area (Å²) in [7, 11) is 1.21. The van der Waals surface area contributed by atoms with Crippen LogP contribution in [0, 0.1) is 11.6 Å². The Morgan fingerprint density at radius 2 is 1.92 bits per heavy atom. The summed E-state index contributed by atoms with van der Waals surface area (Å²) in [6.45, 7) is 0.144. The molecule has 0 unspecified atom stereocenters. The molecule has 1 aliphatic rings. The number of piperidine rings is 1. The van der Waals surface area contributed by atoms with E-state index in [2.05, 4.69) is 15.3 Å². The van der Waals surface area contributed by atoms with Crippen LogP contribution in [0.15, 0.2) is 48.7 Å². The second kappa shape index (κ2) is 11.4. The number of nitrogens with zero attached hydrogens (tertiary/aromatic N) is 3. The van der Waals surface area contributed by atoms with E-state index in [1.165, 1.54) is 13.3 Å². The van der Waals surface area contributed by atoms with E-state index < -0.39 is 36.3 Å². The number of hydrogen-bond donors (Lipinski definition) is 3. The Morgan fingerprint density at radius 3 is 2.59 bits per heavy atom. The summed E-state index contributed by atoms with van der Waals surface area (Å²) in [5, 5.41) is 23.7. The van der Waals surface area contributed by atoms with Crippen LogP contribution in [0.1, 0.15) is 24.1 Å². The molecule has 1 fully saturated rings. The molecule has 0 spiro atoms. The molecule has 0 saturated carbocycles. The fourth-order valence-corrected chi connectivity index (χ4v) is 4.67. The van der Waals surface area contributed by atoms with E-state index in [0.29, 0.717) is 25.1 Å². The van der Waals surface area contributed by atoms with Crippen molar-refractivity contribution in [3.63, 3.8) is 0 Å². The Morgan fingerprint density at radius 1 is 1.16 bits per heavy atom. The zero-order valence-corrected chi connectivity index (χ0v) is 20.2. The van der Waals surface area contributed by atoms with Gasteiger partial charge in [0, 0.05) is 25.7 Å². The highest BCUT2D eigenvalue weighted by Gasteiger charge is 2.46. The summed E-state index contributed by atoms with van der Waals surface area (Å²) < 4.78 is 61.1. The van der Waals surface area contributed by atoms with Gasteiger partial charge in [0.25, 0.3) is 6.43 Å². The van der Waals surface area contributed by atoms with Crippen LogP contribution in [0.5, 0.6) is 5.75 Å². The Hall–Kier alpha value is -3.28. The van der Waals surface area contributed by atoms with Crippen molar-refractivity contribution < 1.29 is 32.5 Å². The minimum Gasteiger partial charge on any atom is -0.494 e. The third kappa shape index (κ3) is 5.68. The van der Waals surface area contributed by atoms with Gasteiger partial charge in [0.2, 0.25) is 0 Å². The van der Waals surface area contributed by atoms with E-state index in [1.807, 2.05) is 30.3 Å². The van der Waals surface area contributed by atoms with Crippen molar-refractivity contribution in [2.75, 3.05) is 25.1 Å². The van der Waals surface area contributed by atoms with Gasteiger partial charge in [-0.1, -0.05) is 30.3 Å². The van der Waals surface area contributed by atoms with Crippen LogP contribution in [0.25, 0.3) is 11.4 Å². The van der Waals surface area contributed by atoms with Gasteiger partial charge < -0.3 is 25.2 Å². The molecule has 37 heavy (non-hydrogen) atoms. The molecule has 0 aliphatic carbocycles. The number of aliphatic hydroxyl groups is 2. The number of alkyl halides is 2. The average Bonchev–Trinajstić information content (AvgIpc) is 2.92. The Bertz CT molecular complexity index is 1220. The minimum atomic E-state index is -2.98. The highest BCUT2D eigenvalue weighted by molar-refractivity contribution is 5.61. The molecule has 2 atom stereocenters. The number of aliphatic hydroxyl groups excluding tert-OH is 2. The lowest BCUT2D eigenvalue weighted by Gasteiger charge is -2.47. The Balaban J connectivity index is 1.64. The molecule has 2 heterocycles. The molecular weight excluding hydrogens is 492 g/mol. The molecule has 4 rings (SSSR count). The Kier molecular flexibility index (Phi) is 8.25. The molecule has 7 nitrogen and oxygen atoms in total. The summed E-state index contributed by atoms with van der Waals surface area (Å²) in [4.78, 5) is 10.1. The molecule has 3 N–H and O–H groups in total. The second-order valence-electron chi connectivity index (χ2n) is 8.95. The van der Waals surface area contributed by atoms with Crippen LogP contribution in [0.4, 0.5) is 23.2 Å². The lowest BCUT2D eigenvalue weighted by Crippen LogP contribution is -2.65. The number of hydrogen-bond acceptors (Lipinski definition) is 7. The Labute approximate surface area is 211 Å². The number of aromatic nitrogens is 2. The summed E-state index contributed by atoms with van der Waals surface area (Å²) in [6, 6.07) is 11.0. The number of benzene rings is 2. The largest absolute Gasteiger partial charge is 0.494 e. The number of rotatable bonds is 9. The van der Waals surface area contributed by atoms with Gasteiger partial charge in [0.15, 0.2) is 17.4 Å². The molecule has 0 amide bonds. The van der Waals surface area contributed by atoms with Crippen molar-refractivity contribution in [2.45, 2.75) is 44.1 Å². The molecule has 0 radical (unpaired) electrons. The van der Waals surface area contributed by atoms with Crippen molar-refractivity contribution in [1.29, 1.82) is 0 Å². The number of halogens is 4. The molecule has 1 aliphatic heterocycles. The first-order chi connectivity index (χ1) is 17.8. The number of anilines is 1. The smallest absolute Gasteiger partial charge is 0.265 e. The first-order valence-electron chi connectivity index (χ1n) is 11.8. The van der Waals surface area contributed by atoms with Crippen LogP contribution in [0.3, 0.4) is 0 Å². The van der Waals surface area contributed by atoms with Gasteiger partial charge >= 0.3 is 0 Å². The summed E-state index contributed by atoms with van der Waals surface area (Å²) in [5.74, 6) is -2.03.